The largest absolute Gasteiger partial charge is 0.491 e. The van der Waals surface area contributed by atoms with Crippen molar-refractivity contribution in [2.45, 2.75) is 40.0 Å². The highest BCUT2D eigenvalue weighted by molar-refractivity contribution is 14.0. The molecule has 2 rings (SSSR count). The lowest BCUT2D eigenvalue weighted by molar-refractivity contribution is 0.239. The van der Waals surface area contributed by atoms with Gasteiger partial charge in [-0.05, 0) is 43.8 Å². The lowest BCUT2D eigenvalue weighted by atomic mass is 10.1. The fraction of sp³-hybridized carbons (Fsp3) is 0.389. The van der Waals surface area contributed by atoms with Gasteiger partial charge in [0.1, 0.15) is 5.75 Å². The monoisotopic (exact) mass is 459 g/mol. The average molecular weight is 459 g/mol. The van der Waals surface area contributed by atoms with Crippen LogP contribution in [0.25, 0.3) is 0 Å². The van der Waals surface area contributed by atoms with Crippen molar-refractivity contribution in [3.8, 4) is 5.75 Å². The highest BCUT2D eigenvalue weighted by Gasteiger charge is 2.07. The van der Waals surface area contributed by atoms with Gasteiger partial charge in [0.15, 0.2) is 5.96 Å². The Labute approximate surface area is 165 Å². The zero-order valence-electron chi connectivity index (χ0n) is 14.6. The third kappa shape index (κ3) is 6.68. The highest BCUT2D eigenvalue weighted by atomic mass is 127. The SMILES string of the molecule is CN=C(NCc1cccs1)NCc1ccc(C)cc1OC(C)C.I. The van der Waals surface area contributed by atoms with Crippen LogP contribution >= 0.6 is 35.3 Å². The third-order valence-electron chi connectivity index (χ3n) is 3.27. The minimum atomic E-state index is 0. The molecule has 0 aliphatic carbocycles. The van der Waals surface area contributed by atoms with Gasteiger partial charge in [-0.2, -0.15) is 0 Å². The standard InChI is InChI=1S/C18H25N3OS.HI/c1-13(2)22-17-10-14(3)7-8-15(17)11-20-18(19-4)21-12-16-6-5-9-23-16;/h5-10,13H,11-12H2,1-4H3,(H2,19,20,21);1H. The van der Waals surface area contributed by atoms with Crippen molar-refractivity contribution < 1.29 is 4.74 Å². The Hall–Kier alpha value is -1.28. The van der Waals surface area contributed by atoms with Gasteiger partial charge in [-0.25, -0.2) is 0 Å². The molecule has 6 heteroatoms. The number of nitrogens with zero attached hydrogens (tertiary/aromatic N) is 1. The number of hydrogen-bond donors (Lipinski definition) is 2. The molecule has 2 N–H and O–H groups in total. The number of hydrogen-bond acceptors (Lipinski definition) is 3. The Balaban J connectivity index is 0.00000288. The fourth-order valence-electron chi connectivity index (χ4n) is 2.16. The number of ether oxygens (including phenoxy) is 1. The topological polar surface area (TPSA) is 45.7 Å². The van der Waals surface area contributed by atoms with E-state index in [9.17, 15) is 0 Å². The predicted molar refractivity (Wildman–Crippen MR) is 114 cm³/mol. The van der Waals surface area contributed by atoms with Crippen molar-refractivity contribution >= 4 is 41.3 Å². The summed E-state index contributed by atoms with van der Waals surface area (Å²) >= 11 is 1.74. The van der Waals surface area contributed by atoms with E-state index in [1.165, 1.54) is 10.4 Å². The quantitative estimate of drug-likeness (QED) is 0.384. The van der Waals surface area contributed by atoms with E-state index in [4.69, 9.17) is 4.74 Å². The molecule has 0 radical (unpaired) electrons. The summed E-state index contributed by atoms with van der Waals surface area (Å²) in [6, 6.07) is 10.5. The first-order valence-corrected chi connectivity index (χ1v) is 8.69. The van der Waals surface area contributed by atoms with Gasteiger partial charge in [-0.15, -0.1) is 35.3 Å². The van der Waals surface area contributed by atoms with Crippen molar-refractivity contribution in [3.63, 3.8) is 0 Å². The van der Waals surface area contributed by atoms with Crippen LogP contribution in [0.3, 0.4) is 0 Å². The van der Waals surface area contributed by atoms with E-state index in [-0.39, 0.29) is 30.1 Å². The van der Waals surface area contributed by atoms with E-state index >= 15 is 0 Å². The van der Waals surface area contributed by atoms with Crippen LogP contribution in [-0.2, 0) is 13.1 Å². The second-order valence-electron chi connectivity index (χ2n) is 5.64. The van der Waals surface area contributed by atoms with Gasteiger partial charge in [-0.3, -0.25) is 4.99 Å². The van der Waals surface area contributed by atoms with Crippen molar-refractivity contribution in [2.75, 3.05) is 7.05 Å². The van der Waals surface area contributed by atoms with E-state index in [1.807, 2.05) is 13.8 Å². The Morgan fingerprint density at radius 3 is 2.58 bits per heavy atom. The van der Waals surface area contributed by atoms with Gasteiger partial charge in [0.25, 0.3) is 0 Å². The molecule has 0 aliphatic heterocycles. The highest BCUT2D eigenvalue weighted by Crippen LogP contribution is 2.21. The molecule has 132 valence electrons. The lowest BCUT2D eigenvalue weighted by Gasteiger charge is -2.17. The maximum absolute atomic E-state index is 5.91. The number of aryl methyl sites for hydroxylation is 1. The number of rotatable bonds is 6. The van der Waals surface area contributed by atoms with E-state index < -0.39 is 0 Å². The maximum Gasteiger partial charge on any atom is 0.191 e. The first kappa shape index (κ1) is 20.8. The normalized spacial score (nSPS) is 11.1. The first-order valence-electron chi connectivity index (χ1n) is 7.81. The lowest BCUT2D eigenvalue weighted by Crippen LogP contribution is -2.36. The number of aliphatic imine (C=N–C) groups is 1. The Kier molecular flexibility index (Phi) is 9.13. The molecule has 4 nitrogen and oxygen atoms in total. The molecule has 0 bridgehead atoms. The van der Waals surface area contributed by atoms with E-state index in [1.54, 1.807) is 18.4 Å². The maximum atomic E-state index is 5.91. The van der Waals surface area contributed by atoms with Crippen LogP contribution in [0.5, 0.6) is 5.75 Å². The molecular formula is C18H26IN3OS. The summed E-state index contributed by atoms with van der Waals surface area (Å²) in [5.74, 6) is 1.72. The van der Waals surface area contributed by atoms with Crippen LogP contribution in [0.2, 0.25) is 0 Å². The molecule has 24 heavy (non-hydrogen) atoms. The summed E-state index contributed by atoms with van der Waals surface area (Å²) in [4.78, 5) is 5.55. The number of nitrogens with one attached hydrogen (secondary N) is 2. The molecule has 0 saturated carbocycles. The van der Waals surface area contributed by atoms with Crippen molar-refractivity contribution in [1.29, 1.82) is 0 Å². The van der Waals surface area contributed by atoms with E-state index in [0.717, 1.165) is 23.8 Å². The predicted octanol–water partition coefficient (Wildman–Crippen LogP) is 4.33. The smallest absolute Gasteiger partial charge is 0.191 e. The third-order valence-corrected chi connectivity index (χ3v) is 4.14. The molecule has 0 unspecified atom stereocenters. The number of guanidine groups is 1. The van der Waals surface area contributed by atoms with E-state index in [0.29, 0.717) is 6.54 Å². The van der Waals surface area contributed by atoms with Crippen molar-refractivity contribution in [2.24, 2.45) is 4.99 Å². The van der Waals surface area contributed by atoms with Crippen LogP contribution in [-0.4, -0.2) is 19.1 Å². The zero-order chi connectivity index (χ0) is 16.7. The van der Waals surface area contributed by atoms with Gasteiger partial charge in [0.05, 0.1) is 12.6 Å². The summed E-state index contributed by atoms with van der Waals surface area (Å²) in [5.41, 5.74) is 2.33. The van der Waals surface area contributed by atoms with Gasteiger partial charge in [0.2, 0.25) is 0 Å². The molecule has 2 aromatic rings. The molecule has 0 spiro atoms. The summed E-state index contributed by atoms with van der Waals surface area (Å²) in [5, 5.41) is 8.75. The van der Waals surface area contributed by atoms with Crippen LogP contribution in [0, 0.1) is 6.92 Å². The molecule has 0 fully saturated rings. The average Bonchev–Trinajstić information content (AvgIpc) is 3.02. The van der Waals surface area contributed by atoms with Crippen LogP contribution in [0.4, 0.5) is 0 Å². The van der Waals surface area contributed by atoms with Crippen molar-refractivity contribution in [1.82, 2.24) is 10.6 Å². The van der Waals surface area contributed by atoms with Crippen LogP contribution < -0.4 is 15.4 Å². The fourth-order valence-corrected chi connectivity index (χ4v) is 2.80. The molecule has 1 aromatic carbocycles. The molecule has 1 heterocycles. The zero-order valence-corrected chi connectivity index (χ0v) is 17.8. The second-order valence-corrected chi connectivity index (χ2v) is 6.67. The Bertz CT molecular complexity index is 642. The minimum absolute atomic E-state index is 0. The van der Waals surface area contributed by atoms with E-state index in [2.05, 4.69) is 58.3 Å². The summed E-state index contributed by atoms with van der Waals surface area (Å²) in [7, 11) is 1.78. The van der Waals surface area contributed by atoms with Crippen molar-refractivity contribution in [3.05, 3.63) is 51.7 Å². The molecule has 0 saturated heterocycles. The van der Waals surface area contributed by atoms with Crippen LogP contribution in [0.1, 0.15) is 29.9 Å². The first-order chi connectivity index (χ1) is 11.1. The number of halogens is 1. The minimum Gasteiger partial charge on any atom is -0.491 e. The van der Waals surface area contributed by atoms with Gasteiger partial charge in [0, 0.05) is 24.0 Å². The Morgan fingerprint density at radius 2 is 1.96 bits per heavy atom. The van der Waals surface area contributed by atoms with Gasteiger partial charge < -0.3 is 15.4 Å². The van der Waals surface area contributed by atoms with Crippen LogP contribution in [0.15, 0.2) is 40.7 Å². The Morgan fingerprint density at radius 1 is 1.21 bits per heavy atom. The summed E-state index contributed by atoms with van der Waals surface area (Å²) in [6.45, 7) is 7.61. The molecule has 0 aliphatic rings. The molecule has 0 atom stereocenters. The summed E-state index contributed by atoms with van der Waals surface area (Å²) < 4.78 is 5.91. The van der Waals surface area contributed by atoms with Gasteiger partial charge >= 0.3 is 0 Å². The number of thiophene rings is 1. The molecule has 0 amide bonds. The molecule has 1 aromatic heterocycles. The second kappa shape index (κ2) is 10.6. The number of benzene rings is 1. The summed E-state index contributed by atoms with van der Waals surface area (Å²) in [6.07, 6.45) is 0.159. The van der Waals surface area contributed by atoms with Gasteiger partial charge in [-0.1, -0.05) is 18.2 Å². The molecular weight excluding hydrogens is 433 g/mol.